The molecule has 1 saturated carbocycles. The predicted octanol–water partition coefficient (Wildman–Crippen LogP) is 1.66. The summed E-state index contributed by atoms with van der Waals surface area (Å²) in [5, 5.41) is -0.483. The summed E-state index contributed by atoms with van der Waals surface area (Å²) in [5.74, 6) is 0.0415. The lowest BCUT2D eigenvalue weighted by Crippen LogP contribution is -2.42. The Morgan fingerprint density at radius 1 is 1.37 bits per heavy atom. The van der Waals surface area contributed by atoms with E-state index >= 15 is 0 Å². The number of hydrogen-bond donors (Lipinski definition) is 1. The predicted molar refractivity (Wildman–Crippen MR) is 74.6 cm³/mol. The summed E-state index contributed by atoms with van der Waals surface area (Å²) in [5.41, 5.74) is 0. The molecular weight excluding hydrogens is 290 g/mol. The number of sulfonamides is 1. The van der Waals surface area contributed by atoms with E-state index < -0.39 is 15.3 Å². The first-order chi connectivity index (χ1) is 8.90. The quantitative estimate of drug-likeness (QED) is 0.598. The molecule has 1 fully saturated rings. The number of nitrogens with one attached hydrogen (secondary N) is 1. The van der Waals surface area contributed by atoms with Gasteiger partial charge < -0.3 is 4.74 Å². The van der Waals surface area contributed by atoms with Crippen LogP contribution >= 0.6 is 11.6 Å². The zero-order chi connectivity index (χ0) is 14.5. The number of carbonyl (C=O) groups excluding carboxylic acids is 1. The van der Waals surface area contributed by atoms with E-state index in [1.807, 2.05) is 0 Å². The van der Waals surface area contributed by atoms with Crippen molar-refractivity contribution in [1.82, 2.24) is 4.72 Å². The second-order valence-electron chi connectivity index (χ2n) is 5.02. The molecule has 1 N–H and O–H groups in total. The van der Waals surface area contributed by atoms with E-state index in [-0.39, 0.29) is 17.9 Å². The van der Waals surface area contributed by atoms with Crippen LogP contribution in [-0.2, 0) is 19.6 Å². The van der Waals surface area contributed by atoms with Crippen molar-refractivity contribution in [2.45, 2.75) is 50.3 Å². The Morgan fingerprint density at radius 3 is 2.42 bits per heavy atom. The monoisotopic (exact) mass is 311 g/mol. The summed E-state index contributed by atoms with van der Waals surface area (Å²) in [7, 11) is -1.94. The zero-order valence-corrected chi connectivity index (χ0v) is 13.0. The third kappa shape index (κ3) is 4.93. The van der Waals surface area contributed by atoms with E-state index in [9.17, 15) is 13.2 Å². The zero-order valence-electron chi connectivity index (χ0n) is 11.4. The van der Waals surface area contributed by atoms with Crippen molar-refractivity contribution in [3.05, 3.63) is 0 Å². The highest BCUT2D eigenvalue weighted by Crippen LogP contribution is 2.26. The average molecular weight is 312 g/mol. The van der Waals surface area contributed by atoms with Crippen LogP contribution in [0, 0.1) is 5.92 Å². The van der Waals surface area contributed by atoms with Crippen LogP contribution in [0.15, 0.2) is 0 Å². The summed E-state index contributed by atoms with van der Waals surface area (Å²) < 4.78 is 31.4. The molecule has 0 heterocycles. The van der Waals surface area contributed by atoms with Crippen LogP contribution in [0.2, 0.25) is 0 Å². The molecule has 0 amide bonds. The van der Waals surface area contributed by atoms with Crippen LogP contribution in [0.5, 0.6) is 0 Å². The Bertz CT molecular complexity index is 391. The summed E-state index contributed by atoms with van der Waals surface area (Å²) in [6, 6.07) is -0.0799. The maximum atomic E-state index is 12.0. The van der Waals surface area contributed by atoms with Crippen LogP contribution in [0.4, 0.5) is 0 Å². The molecule has 0 bridgehead atoms. The fourth-order valence-electron chi connectivity index (χ4n) is 2.27. The lowest BCUT2D eigenvalue weighted by Gasteiger charge is -2.28. The third-order valence-corrected chi connectivity index (χ3v) is 5.81. The van der Waals surface area contributed by atoms with E-state index in [1.165, 1.54) is 7.11 Å². The smallest absolute Gasteiger partial charge is 0.308 e. The van der Waals surface area contributed by atoms with Crippen LogP contribution < -0.4 is 4.72 Å². The normalized spacial score (nSPS) is 25.8. The second kappa shape index (κ2) is 7.45. The SMILES string of the molecule is COC(=O)C1CCC(NS(=O)(=O)C(C)CCCl)CC1. The number of alkyl halides is 1. The average Bonchev–Trinajstić information content (AvgIpc) is 2.38. The number of hydrogen-bond acceptors (Lipinski definition) is 4. The molecule has 0 spiro atoms. The number of carbonyl (C=O) groups is 1. The number of ether oxygens (including phenoxy) is 1. The standard InChI is InChI=1S/C12H22ClNO4S/c1-9(7-8-13)19(16,17)14-11-5-3-10(4-6-11)12(15)18-2/h9-11,14H,3-8H2,1-2H3. The summed E-state index contributed by atoms with van der Waals surface area (Å²) >= 11 is 5.57. The highest BCUT2D eigenvalue weighted by Gasteiger charge is 2.30. The van der Waals surface area contributed by atoms with Gasteiger partial charge in [0.25, 0.3) is 0 Å². The lowest BCUT2D eigenvalue weighted by atomic mass is 9.86. The summed E-state index contributed by atoms with van der Waals surface area (Å²) in [6.45, 7) is 1.66. The van der Waals surface area contributed by atoms with Gasteiger partial charge in [0.05, 0.1) is 18.3 Å². The van der Waals surface area contributed by atoms with Crippen molar-refractivity contribution in [1.29, 1.82) is 0 Å². The maximum Gasteiger partial charge on any atom is 0.308 e. The van der Waals surface area contributed by atoms with E-state index in [2.05, 4.69) is 4.72 Å². The molecule has 0 aliphatic heterocycles. The first-order valence-electron chi connectivity index (χ1n) is 6.55. The number of methoxy groups -OCH3 is 1. The maximum absolute atomic E-state index is 12.0. The first kappa shape index (κ1) is 16.7. The first-order valence-corrected chi connectivity index (χ1v) is 8.63. The second-order valence-corrected chi connectivity index (χ2v) is 7.53. The fourth-order valence-corrected chi connectivity index (χ4v) is 4.09. The van der Waals surface area contributed by atoms with Gasteiger partial charge in [0.2, 0.25) is 10.0 Å². The van der Waals surface area contributed by atoms with E-state index in [0.717, 1.165) is 0 Å². The molecule has 1 aliphatic rings. The molecule has 5 nitrogen and oxygen atoms in total. The molecule has 1 unspecified atom stereocenters. The van der Waals surface area contributed by atoms with Gasteiger partial charge in [-0.3, -0.25) is 4.79 Å². The molecule has 0 aromatic heterocycles. The van der Waals surface area contributed by atoms with Crippen LogP contribution in [0.25, 0.3) is 0 Å². The van der Waals surface area contributed by atoms with Gasteiger partial charge in [-0.15, -0.1) is 11.6 Å². The highest BCUT2D eigenvalue weighted by molar-refractivity contribution is 7.90. The van der Waals surface area contributed by atoms with Crippen molar-refractivity contribution in [3.8, 4) is 0 Å². The molecule has 0 saturated heterocycles. The van der Waals surface area contributed by atoms with Crippen LogP contribution in [0.3, 0.4) is 0 Å². The molecule has 19 heavy (non-hydrogen) atoms. The summed E-state index contributed by atoms with van der Waals surface area (Å²) in [4.78, 5) is 11.4. The number of esters is 1. The molecule has 1 rings (SSSR count). The molecule has 0 aromatic carbocycles. The lowest BCUT2D eigenvalue weighted by molar-refractivity contribution is -0.146. The Kier molecular flexibility index (Phi) is 6.56. The Hall–Kier alpha value is -0.330. The largest absolute Gasteiger partial charge is 0.469 e. The van der Waals surface area contributed by atoms with Gasteiger partial charge in [0, 0.05) is 11.9 Å². The Morgan fingerprint density at radius 2 is 1.95 bits per heavy atom. The molecular formula is C12H22ClNO4S. The van der Waals surface area contributed by atoms with Crippen molar-refractivity contribution < 1.29 is 17.9 Å². The van der Waals surface area contributed by atoms with E-state index in [4.69, 9.17) is 16.3 Å². The van der Waals surface area contributed by atoms with Crippen molar-refractivity contribution in [2.75, 3.05) is 13.0 Å². The van der Waals surface area contributed by atoms with Crippen LogP contribution in [0.1, 0.15) is 39.0 Å². The molecule has 0 radical (unpaired) electrons. The molecule has 112 valence electrons. The number of halogens is 1. The van der Waals surface area contributed by atoms with Crippen LogP contribution in [-0.4, -0.2) is 38.7 Å². The van der Waals surface area contributed by atoms with Crippen molar-refractivity contribution >= 4 is 27.6 Å². The fraction of sp³-hybridized carbons (Fsp3) is 0.917. The highest BCUT2D eigenvalue weighted by atomic mass is 35.5. The molecule has 1 atom stereocenters. The van der Waals surface area contributed by atoms with Crippen molar-refractivity contribution in [2.24, 2.45) is 5.92 Å². The third-order valence-electron chi connectivity index (χ3n) is 3.64. The molecule has 7 heteroatoms. The van der Waals surface area contributed by atoms with E-state index in [1.54, 1.807) is 6.92 Å². The number of rotatable bonds is 6. The van der Waals surface area contributed by atoms with Gasteiger partial charge in [0.15, 0.2) is 0 Å². The topological polar surface area (TPSA) is 72.5 Å². The minimum atomic E-state index is -3.32. The van der Waals surface area contributed by atoms with E-state index in [0.29, 0.717) is 38.0 Å². The van der Waals surface area contributed by atoms with Gasteiger partial charge in [-0.2, -0.15) is 0 Å². The van der Waals surface area contributed by atoms with Gasteiger partial charge in [-0.05, 0) is 39.0 Å². The summed E-state index contributed by atoms with van der Waals surface area (Å²) in [6.07, 6.45) is 3.13. The van der Waals surface area contributed by atoms with Gasteiger partial charge in [-0.25, -0.2) is 13.1 Å². The minimum absolute atomic E-state index is 0.0799. The molecule has 1 aliphatic carbocycles. The van der Waals surface area contributed by atoms with Gasteiger partial charge in [-0.1, -0.05) is 0 Å². The Balaban J connectivity index is 2.46. The Labute approximate surface area is 120 Å². The minimum Gasteiger partial charge on any atom is -0.469 e. The van der Waals surface area contributed by atoms with Gasteiger partial charge >= 0.3 is 5.97 Å². The van der Waals surface area contributed by atoms with Gasteiger partial charge in [0.1, 0.15) is 0 Å². The van der Waals surface area contributed by atoms with Crippen molar-refractivity contribution in [3.63, 3.8) is 0 Å². The molecule has 0 aromatic rings.